The predicted octanol–water partition coefficient (Wildman–Crippen LogP) is 2.93. The van der Waals surface area contributed by atoms with Crippen molar-refractivity contribution < 1.29 is 9.53 Å². The molecule has 110 valence electrons. The number of aromatic nitrogens is 2. The molecule has 2 rings (SSSR count). The van der Waals surface area contributed by atoms with Crippen molar-refractivity contribution in [3.63, 3.8) is 0 Å². The number of ether oxygens (including phenoxy) is 1. The molecule has 0 unspecified atom stereocenters. The van der Waals surface area contributed by atoms with Crippen LogP contribution >= 0.6 is 23.2 Å². The fourth-order valence-electron chi connectivity index (χ4n) is 1.60. The minimum absolute atomic E-state index is 0.185. The Morgan fingerprint density at radius 1 is 1.33 bits per heavy atom. The van der Waals surface area contributed by atoms with E-state index in [1.54, 1.807) is 31.3 Å². The van der Waals surface area contributed by atoms with Gasteiger partial charge >= 0.3 is 0 Å². The molecule has 5 nitrogen and oxygen atoms in total. The summed E-state index contributed by atoms with van der Waals surface area (Å²) in [6, 6.07) is 7.08. The maximum atomic E-state index is 12.1. The van der Waals surface area contributed by atoms with Gasteiger partial charge in [-0.25, -0.2) is 4.98 Å². The Morgan fingerprint density at radius 3 is 2.86 bits per heavy atom. The molecule has 0 saturated heterocycles. The van der Waals surface area contributed by atoms with Gasteiger partial charge < -0.3 is 9.64 Å². The first kappa shape index (κ1) is 15.5. The maximum absolute atomic E-state index is 12.1. The molecule has 0 radical (unpaired) electrons. The molecule has 0 aliphatic heterocycles. The number of nitrogens with zero attached hydrogens (tertiary/aromatic N) is 3. The normalized spacial score (nSPS) is 10.2. The van der Waals surface area contributed by atoms with Gasteiger partial charge in [0.15, 0.2) is 0 Å². The zero-order valence-electron chi connectivity index (χ0n) is 11.3. The lowest BCUT2D eigenvalue weighted by molar-refractivity contribution is 0.0767. The van der Waals surface area contributed by atoms with Crippen LogP contribution in [0.4, 0.5) is 0 Å². The van der Waals surface area contributed by atoms with Crippen molar-refractivity contribution >= 4 is 29.1 Å². The summed E-state index contributed by atoms with van der Waals surface area (Å²) in [5.41, 5.74) is 0.202. The van der Waals surface area contributed by atoms with Gasteiger partial charge in [0.1, 0.15) is 23.2 Å². The zero-order valence-corrected chi connectivity index (χ0v) is 12.8. The highest BCUT2D eigenvalue weighted by Gasteiger charge is 2.13. The van der Waals surface area contributed by atoms with Gasteiger partial charge in [-0.15, -0.1) is 0 Å². The van der Waals surface area contributed by atoms with Gasteiger partial charge in [0.25, 0.3) is 5.91 Å². The van der Waals surface area contributed by atoms with Crippen LogP contribution < -0.4 is 4.74 Å². The number of likely N-dealkylation sites (N-methyl/N-ethyl adjacent to an activating group) is 1. The fraction of sp³-hybridized carbons (Fsp3) is 0.214. The smallest absolute Gasteiger partial charge is 0.273 e. The number of benzene rings is 1. The summed E-state index contributed by atoms with van der Waals surface area (Å²) in [5, 5.41) is 0.788. The number of hydrogen-bond acceptors (Lipinski definition) is 4. The van der Waals surface area contributed by atoms with Crippen molar-refractivity contribution in [2.45, 2.75) is 0 Å². The lowest BCUT2D eigenvalue weighted by atomic mass is 10.3. The van der Waals surface area contributed by atoms with Gasteiger partial charge in [-0.05, 0) is 18.2 Å². The summed E-state index contributed by atoms with van der Waals surface area (Å²) in [4.78, 5) is 21.3. The Balaban J connectivity index is 1.87. The summed E-state index contributed by atoms with van der Waals surface area (Å²) in [5.74, 6) is 0.394. The molecule has 0 aliphatic rings. The Bertz CT molecular complexity index is 637. The molecule has 0 saturated carbocycles. The first-order valence-corrected chi connectivity index (χ1v) is 6.93. The molecular weight excluding hydrogens is 313 g/mol. The third kappa shape index (κ3) is 4.58. The van der Waals surface area contributed by atoms with Crippen LogP contribution in [0, 0.1) is 0 Å². The second kappa shape index (κ2) is 7.24. The summed E-state index contributed by atoms with van der Waals surface area (Å²) < 4.78 is 5.53. The third-order valence-corrected chi connectivity index (χ3v) is 3.08. The molecule has 2 aromatic rings. The molecule has 0 bridgehead atoms. The molecule has 0 atom stereocenters. The van der Waals surface area contributed by atoms with E-state index in [2.05, 4.69) is 9.97 Å². The van der Waals surface area contributed by atoms with Crippen molar-refractivity contribution in [2.24, 2.45) is 0 Å². The molecule has 0 fully saturated rings. The largest absolute Gasteiger partial charge is 0.492 e. The van der Waals surface area contributed by atoms with Gasteiger partial charge in [0, 0.05) is 12.1 Å². The average molecular weight is 326 g/mol. The molecule has 1 aromatic heterocycles. The predicted molar refractivity (Wildman–Crippen MR) is 80.9 cm³/mol. The van der Waals surface area contributed by atoms with Gasteiger partial charge in [-0.1, -0.05) is 29.3 Å². The van der Waals surface area contributed by atoms with Crippen LogP contribution in [0.2, 0.25) is 10.2 Å². The SMILES string of the molecule is CN(CCOc1cccc(Cl)c1)C(=O)c1cncc(Cl)n1. The van der Waals surface area contributed by atoms with Crippen molar-refractivity contribution in [2.75, 3.05) is 20.2 Å². The molecule has 1 amide bonds. The number of carbonyl (C=O) groups is 1. The van der Waals surface area contributed by atoms with E-state index >= 15 is 0 Å². The Kier molecular flexibility index (Phi) is 5.36. The molecule has 7 heteroatoms. The summed E-state index contributed by atoms with van der Waals surface area (Å²) in [7, 11) is 1.66. The van der Waals surface area contributed by atoms with Crippen LogP contribution in [0.1, 0.15) is 10.5 Å². The molecule has 1 aromatic carbocycles. The number of carbonyl (C=O) groups excluding carboxylic acids is 1. The molecule has 0 spiro atoms. The molecule has 0 N–H and O–H groups in total. The topological polar surface area (TPSA) is 55.3 Å². The second-order valence-electron chi connectivity index (χ2n) is 4.26. The lowest BCUT2D eigenvalue weighted by Gasteiger charge is -2.17. The lowest BCUT2D eigenvalue weighted by Crippen LogP contribution is -2.31. The average Bonchev–Trinajstić information content (AvgIpc) is 2.46. The van der Waals surface area contributed by atoms with E-state index in [-0.39, 0.29) is 16.8 Å². The fourth-order valence-corrected chi connectivity index (χ4v) is 1.93. The highest BCUT2D eigenvalue weighted by atomic mass is 35.5. The van der Waals surface area contributed by atoms with Gasteiger partial charge in [-0.3, -0.25) is 9.78 Å². The number of halogens is 2. The minimum Gasteiger partial charge on any atom is -0.492 e. The first-order chi connectivity index (χ1) is 10.1. The van der Waals surface area contributed by atoms with Gasteiger partial charge in [0.05, 0.1) is 18.9 Å². The van der Waals surface area contributed by atoms with E-state index in [1.807, 2.05) is 0 Å². The quantitative estimate of drug-likeness (QED) is 0.848. The third-order valence-electron chi connectivity index (χ3n) is 2.66. The van der Waals surface area contributed by atoms with Crippen LogP contribution in [0.15, 0.2) is 36.7 Å². The van der Waals surface area contributed by atoms with Crippen LogP contribution in [0.5, 0.6) is 5.75 Å². The number of hydrogen-bond donors (Lipinski definition) is 0. The maximum Gasteiger partial charge on any atom is 0.273 e. The van der Waals surface area contributed by atoms with Crippen molar-refractivity contribution in [3.05, 3.63) is 52.5 Å². The summed E-state index contributed by atoms with van der Waals surface area (Å²) >= 11 is 11.6. The second-order valence-corrected chi connectivity index (χ2v) is 5.08. The highest BCUT2D eigenvalue weighted by Crippen LogP contribution is 2.16. The van der Waals surface area contributed by atoms with Crippen LogP contribution in [0.25, 0.3) is 0 Å². The van der Waals surface area contributed by atoms with Crippen molar-refractivity contribution in [3.8, 4) is 5.75 Å². The number of rotatable bonds is 5. The van der Waals surface area contributed by atoms with Crippen molar-refractivity contribution in [1.82, 2.24) is 14.9 Å². The van der Waals surface area contributed by atoms with E-state index in [1.165, 1.54) is 17.3 Å². The van der Waals surface area contributed by atoms with E-state index in [9.17, 15) is 4.79 Å². The Labute approximate surface area is 132 Å². The number of amides is 1. The van der Waals surface area contributed by atoms with Gasteiger partial charge in [0.2, 0.25) is 0 Å². The van der Waals surface area contributed by atoms with E-state index in [0.29, 0.717) is 23.9 Å². The van der Waals surface area contributed by atoms with E-state index < -0.39 is 0 Å². The molecule has 1 heterocycles. The Hall–Kier alpha value is -1.85. The van der Waals surface area contributed by atoms with Gasteiger partial charge in [-0.2, -0.15) is 0 Å². The monoisotopic (exact) mass is 325 g/mol. The van der Waals surface area contributed by atoms with E-state index in [4.69, 9.17) is 27.9 Å². The Morgan fingerprint density at radius 2 is 2.14 bits per heavy atom. The molecule has 0 aliphatic carbocycles. The molecule has 21 heavy (non-hydrogen) atoms. The van der Waals surface area contributed by atoms with Crippen LogP contribution in [-0.2, 0) is 0 Å². The van der Waals surface area contributed by atoms with Crippen LogP contribution in [-0.4, -0.2) is 41.0 Å². The summed E-state index contributed by atoms with van der Waals surface area (Å²) in [6.07, 6.45) is 2.75. The zero-order chi connectivity index (χ0) is 15.2. The highest BCUT2D eigenvalue weighted by molar-refractivity contribution is 6.30. The van der Waals surface area contributed by atoms with E-state index in [0.717, 1.165) is 0 Å². The van der Waals surface area contributed by atoms with Crippen molar-refractivity contribution in [1.29, 1.82) is 0 Å². The van der Waals surface area contributed by atoms with Crippen LogP contribution in [0.3, 0.4) is 0 Å². The first-order valence-electron chi connectivity index (χ1n) is 6.17. The standard InChI is InChI=1S/C14H13Cl2N3O2/c1-19(14(20)12-8-17-9-13(16)18-12)5-6-21-11-4-2-3-10(15)7-11/h2-4,7-9H,5-6H2,1H3. The minimum atomic E-state index is -0.264. The summed E-state index contributed by atoms with van der Waals surface area (Å²) in [6.45, 7) is 0.746. The molecular formula is C14H13Cl2N3O2.